The fourth-order valence-electron chi connectivity index (χ4n) is 4.71. The molecule has 5 rings (SSSR count). The Bertz CT molecular complexity index is 1520. The Morgan fingerprint density at radius 1 is 1.14 bits per heavy atom. The SMILES string of the molecule is C=C(C)C(=O)N1CCC(c2cnn3c(C(N)=O)c(-c4ccc(Oc5ccc(F)cc5F)cc4)[nH]c23)CC1. The molecule has 2 aromatic heterocycles. The lowest BCUT2D eigenvalue weighted by molar-refractivity contribution is -0.128. The molecule has 37 heavy (non-hydrogen) atoms. The number of benzene rings is 2. The van der Waals surface area contributed by atoms with Gasteiger partial charge in [-0.05, 0) is 62.1 Å². The van der Waals surface area contributed by atoms with Crippen LogP contribution in [0.2, 0.25) is 0 Å². The first-order chi connectivity index (χ1) is 17.7. The minimum Gasteiger partial charge on any atom is -0.454 e. The zero-order valence-electron chi connectivity index (χ0n) is 20.1. The number of imidazole rings is 1. The van der Waals surface area contributed by atoms with E-state index >= 15 is 0 Å². The van der Waals surface area contributed by atoms with E-state index < -0.39 is 17.5 Å². The summed E-state index contributed by atoms with van der Waals surface area (Å²) in [6.45, 7) is 6.67. The quantitative estimate of drug-likeness (QED) is 0.368. The normalized spacial score (nSPS) is 14.2. The molecule has 0 unspecified atom stereocenters. The number of likely N-dealkylation sites (tertiary alicyclic amines) is 1. The van der Waals surface area contributed by atoms with Crippen molar-refractivity contribution in [2.24, 2.45) is 5.73 Å². The number of primary amides is 1. The van der Waals surface area contributed by atoms with Crippen molar-refractivity contribution in [1.82, 2.24) is 19.5 Å². The predicted molar refractivity (Wildman–Crippen MR) is 133 cm³/mol. The van der Waals surface area contributed by atoms with E-state index in [0.29, 0.717) is 41.3 Å². The third kappa shape index (κ3) is 4.57. The van der Waals surface area contributed by atoms with Gasteiger partial charge in [0.15, 0.2) is 17.3 Å². The molecule has 1 fully saturated rings. The molecule has 0 atom stereocenters. The number of H-pyrrole nitrogens is 1. The maximum Gasteiger partial charge on any atom is 0.269 e. The molecule has 0 spiro atoms. The van der Waals surface area contributed by atoms with Crippen LogP contribution in [0.3, 0.4) is 0 Å². The van der Waals surface area contributed by atoms with Gasteiger partial charge in [-0.3, -0.25) is 9.59 Å². The first kappa shape index (κ1) is 24.2. The van der Waals surface area contributed by atoms with Crippen molar-refractivity contribution in [2.75, 3.05) is 13.1 Å². The summed E-state index contributed by atoms with van der Waals surface area (Å²) in [5.41, 5.74) is 9.20. The van der Waals surface area contributed by atoms with Gasteiger partial charge in [-0.1, -0.05) is 6.58 Å². The summed E-state index contributed by atoms with van der Waals surface area (Å²) in [7, 11) is 0. The van der Waals surface area contributed by atoms with Crippen LogP contribution in [0, 0.1) is 11.6 Å². The van der Waals surface area contributed by atoms with Crippen LogP contribution in [0.25, 0.3) is 16.9 Å². The summed E-state index contributed by atoms with van der Waals surface area (Å²) in [6, 6.07) is 9.71. The lowest BCUT2D eigenvalue weighted by Gasteiger charge is -2.31. The number of nitrogens with zero attached hydrogens (tertiary/aromatic N) is 3. The van der Waals surface area contributed by atoms with Crippen molar-refractivity contribution in [2.45, 2.75) is 25.7 Å². The molecule has 10 heteroatoms. The molecule has 4 aromatic rings. The summed E-state index contributed by atoms with van der Waals surface area (Å²) < 4.78 is 34.1. The van der Waals surface area contributed by atoms with Gasteiger partial charge in [-0.15, -0.1) is 0 Å². The number of halogens is 2. The molecule has 0 bridgehead atoms. The van der Waals surface area contributed by atoms with Gasteiger partial charge in [0.1, 0.15) is 17.2 Å². The van der Waals surface area contributed by atoms with Gasteiger partial charge in [-0.2, -0.15) is 5.10 Å². The van der Waals surface area contributed by atoms with Gasteiger partial charge < -0.3 is 20.4 Å². The Hall–Kier alpha value is -4.47. The van der Waals surface area contributed by atoms with Crippen molar-refractivity contribution >= 4 is 17.5 Å². The summed E-state index contributed by atoms with van der Waals surface area (Å²) in [4.78, 5) is 29.8. The molecule has 2 amide bonds. The number of aromatic amines is 1. The third-order valence-electron chi connectivity index (χ3n) is 6.57. The van der Waals surface area contributed by atoms with E-state index in [1.54, 1.807) is 42.3 Å². The molecule has 190 valence electrons. The van der Waals surface area contributed by atoms with Crippen LogP contribution in [0.5, 0.6) is 11.5 Å². The number of aromatic nitrogens is 3. The monoisotopic (exact) mass is 505 g/mol. The molecule has 3 N–H and O–H groups in total. The zero-order chi connectivity index (χ0) is 26.3. The number of amides is 2. The average molecular weight is 506 g/mol. The smallest absolute Gasteiger partial charge is 0.269 e. The number of carbonyl (C=O) groups excluding carboxylic acids is 2. The highest BCUT2D eigenvalue weighted by Crippen LogP contribution is 2.34. The Morgan fingerprint density at radius 2 is 1.84 bits per heavy atom. The van der Waals surface area contributed by atoms with Crippen molar-refractivity contribution in [3.05, 3.63) is 83.7 Å². The molecule has 2 aromatic carbocycles. The van der Waals surface area contributed by atoms with Gasteiger partial charge in [0, 0.05) is 35.9 Å². The first-order valence-electron chi connectivity index (χ1n) is 11.8. The fourth-order valence-corrected chi connectivity index (χ4v) is 4.71. The van der Waals surface area contributed by atoms with Crippen molar-refractivity contribution in [1.29, 1.82) is 0 Å². The molecular formula is C27H25F2N5O3. The van der Waals surface area contributed by atoms with Crippen LogP contribution in [0.15, 0.2) is 60.8 Å². The summed E-state index contributed by atoms with van der Waals surface area (Å²) in [6.07, 6.45) is 3.25. The van der Waals surface area contributed by atoms with Crippen LogP contribution in [0.1, 0.15) is 41.7 Å². The van der Waals surface area contributed by atoms with E-state index in [4.69, 9.17) is 10.5 Å². The minimum atomic E-state index is -0.812. The van der Waals surface area contributed by atoms with Crippen LogP contribution in [-0.2, 0) is 4.79 Å². The first-order valence-corrected chi connectivity index (χ1v) is 11.8. The summed E-state index contributed by atoms with van der Waals surface area (Å²) in [5, 5.41) is 4.43. The fraction of sp³-hybridized carbons (Fsp3) is 0.222. The predicted octanol–water partition coefficient (Wildman–Crippen LogP) is 4.78. The topological polar surface area (TPSA) is 106 Å². The maximum atomic E-state index is 13.9. The highest BCUT2D eigenvalue weighted by Gasteiger charge is 2.28. The molecule has 1 saturated heterocycles. The van der Waals surface area contributed by atoms with Crippen molar-refractivity contribution in [3.8, 4) is 22.8 Å². The van der Waals surface area contributed by atoms with Crippen LogP contribution < -0.4 is 10.5 Å². The van der Waals surface area contributed by atoms with Crippen molar-refractivity contribution < 1.29 is 23.1 Å². The zero-order valence-corrected chi connectivity index (χ0v) is 20.1. The van der Waals surface area contributed by atoms with Gasteiger partial charge in [0.05, 0.1) is 11.9 Å². The van der Waals surface area contributed by atoms with Crippen LogP contribution in [-0.4, -0.2) is 44.4 Å². The molecule has 8 nitrogen and oxygen atoms in total. The highest BCUT2D eigenvalue weighted by atomic mass is 19.1. The number of fused-ring (bicyclic) bond motifs is 1. The number of rotatable bonds is 6. The molecule has 1 aliphatic heterocycles. The van der Waals surface area contributed by atoms with Crippen LogP contribution >= 0.6 is 0 Å². The van der Waals surface area contributed by atoms with Gasteiger partial charge >= 0.3 is 0 Å². The lowest BCUT2D eigenvalue weighted by Crippen LogP contribution is -2.38. The summed E-state index contributed by atoms with van der Waals surface area (Å²) >= 11 is 0. The Kier molecular flexibility index (Phi) is 6.24. The second-order valence-electron chi connectivity index (χ2n) is 9.12. The van der Waals surface area contributed by atoms with E-state index in [1.807, 2.05) is 0 Å². The number of carbonyl (C=O) groups is 2. The van der Waals surface area contributed by atoms with Crippen molar-refractivity contribution in [3.63, 3.8) is 0 Å². The number of nitrogens with one attached hydrogen (secondary N) is 1. The molecule has 0 radical (unpaired) electrons. The van der Waals surface area contributed by atoms with Gasteiger partial charge in [0.2, 0.25) is 5.91 Å². The van der Waals surface area contributed by atoms with E-state index in [0.717, 1.165) is 30.5 Å². The van der Waals surface area contributed by atoms with E-state index in [-0.39, 0.29) is 23.3 Å². The second-order valence-corrected chi connectivity index (χ2v) is 9.12. The molecular weight excluding hydrogens is 480 g/mol. The standard InChI is InChI=1S/C27H25F2N5O3/c1-15(2)27(36)33-11-9-16(10-12-33)20-14-31-34-24(25(30)35)23(32-26(20)34)17-3-6-19(7-4-17)37-22-8-5-18(28)13-21(22)29/h3-8,13-14,16,32H,1,9-12H2,2H3,(H2,30,35). The number of nitrogens with two attached hydrogens (primary N) is 1. The highest BCUT2D eigenvalue weighted by molar-refractivity contribution is 5.98. The van der Waals surface area contributed by atoms with E-state index in [1.165, 1.54) is 10.6 Å². The molecule has 3 heterocycles. The average Bonchev–Trinajstić information content (AvgIpc) is 3.45. The molecule has 0 aliphatic carbocycles. The van der Waals surface area contributed by atoms with E-state index in [9.17, 15) is 18.4 Å². The Labute approximate surface area is 211 Å². The molecule has 0 saturated carbocycles. The number of hydrogen-bond acceptors (Lipinski definition) is 4. The minimum absolute atomic E-state index is 0.0358. The Morgan fingerprint density at radius 3 is 2.46 bits per heavy atom. The van der Waals surface area contributed by atoms with Gasteiger partial charge in [-0.25, -0.2) is 13.3 Å². The van der Waals surface area contributed by atoms with Crippen LogP contribution in [0.4, 0.5) is 8.78 Å². The molecule has 1 aliphatic rings. The number of ether oxygens (including phenoxy) is 1. The second kappa shape index (κ2) is 9.53. The lowest BCUT2D eigenvalue weighted by atomic mass is 9.91. The number of hydrogen-bond donors (Lipinski definition) is 2. The maximum absolute atomic E-state index is 13.9. The largest absolute Gasteiger partial charge is 0.454 e. The third-order valence-corrected chi connectivity index (χ3v) is 6.57. The van der Waals surface area contributed by atoms with Gasteiger partial charge in [0.25, 0.3) is 5.91 Å². The van der Waals surface area contributed by atoms with E-state index in [2.05, 4.69) is 16.7 Å². The Balaban J connectivity index is 1.41. The summed E-state index contributed by atoms with van der Waals surface area (Å²) in [5.74, 6) is -1.80. The number of piperidine rings is 1.